The first kappa shape index (κ1) is 23.4. The highest BCUT2D eigenvalue weighted by Gasteiger charge is 2.38. The van der Waals surface area contributed by atoms with Gasteiger partial charge in [-0.15, -0.1) is 0 Å². The lowest BCUT2D eigenvalue weighted by Gasteiger charge is -2.32. The number of carbonyl (C=O) groups is 3. The molecule has 0 heterocycles. The molecule has 0 saturated heterocycles. The first-order valence-electron chi connectivity index (χ1n) is 9.30. The quantitative estimate of drug-likeness (QED) is 0.358. The van der Waals surface area contributed by atoms with Crippen molar-refractivity contribution in [1.82, 2.24) is 10.6 Å². The summed E-state index contributed by atoms with van der Waals surface area (Å²) < 4.78 is 5.40. The maximum atomic E-state index is 12.4. The normalized spacial score (nSPS) is 14.8. The Labute approximate surface area is 152 Å². The SMILES string of the molecule is CCC(C)NC(=O)C(=O)NCCCOC(=O)C(C)(CC(C)C)C(C)C. The molecule has 0 aromatic heterocycles. The fourth-order valence-corrected chi connectivity index (χ4v) is 2.48. The summed E-state index contributed by atoms with van der Waals surface area (Å²) in [6.07, 6.45) is 2.01. The molecule has 0 rings (SSSR count). The molecule has 0 spiro atoms. The van der Waals surface area contributed by atoms with E-state index in [2.05, 4.69) is 24.5 Å². The Morgan fingerprint density at radius 2 is 1.64 bits per heavy atom. The van der Waals surface area contributed by atoms with E-state index in [4.69, 9.17) is 4.74 Å². The molecule has 2 N–H and O–H groups in total. The standard InChI is InChI=1S/C19H36N2O4/c1-8-15(6)21-17(23)16(22)20-10-9-11-25-18(24)19(7,14(4)5)12-13(2)3/h13-15H,8-12H2,1-7H3,(H,20,22)(H,21,23). The molecule has 6 nitrogen and oxygen atoms in total. The van der Waals surface area contributed by atoms with Gasteiger partial charge in [-0.05, 0) is 44.9 Å². The van der Waals surface area contributed by atoms with Crippen molar-refractivity contribution < 1.29 is 19.1 Å². The van der Waals surface area contributed by atoms with E-state index in [1.54, 1.807) is 0 Å². The summed E-state index contributed by atoms with van der Waals surface area (Å²) in [5.41, 5.74) is -0.506. The molecule has 146 valence electrons. The van der Waals surface area contributed by atoms with Crippen molar-refractivity contribution in [2.75, 3.05) is 13.2 Å². The number of hydrogen-bond acceptors (Lipinski definition) is 4. The molecule has 0 bridgehead atoms. The summed E-state index contributed by atoms with van der Waals surface area (Å²) >= 11 is 0. The van der Waals surface area contributed by atoms with E-state index in [0.29, 0.717) is 18.9 Å². The fraction of sp³-hybridized carbons (Fsp3) is 0.842. The fourth-order valence-electron chi connectivity index (χ4n) is 2.48. The average Bonchev–Trinajstić information content (AvgIpc) is 2.52. The second kappa shape index (κ2) is 11.1. The van der Waals surface area contributed by atoms with Crippen LogP contribution in [0.2, 0.25) is 0 Å². The van der Waals surface area contributed by atoms with Gasteiger partial charge in [0.2, 0.25) is 0 Å². The predicted molar refractivity (Wildman–Crippen MR) is 98.9 cm³/mol. The molecule has 6 heteroatoms. The Morgan fingerprint density at radius 1 is 1.04 bits per heavy atom. The van der Waals surface area contributed by atoms with Gasteiger partial charge in [-0.3, -0.25) is 14.4 Å². The first-order chi connectivity index (χ1) is 11.5. The predicted octanol–water partition coefficient (Wildman–Crippen LogP) is 2.66. The lowest BCUT2D eigenvalue weighted by molar-refractivity contribution is -0.159. The van der Waals surface area contributed by atoms with Crippen molar-refractivity contribution in [3.05, 3.63) is 0 Å². The van der Waals surface area contributed by atoms with E-state index in [1.165, 1.54) is 0 Å². The third-order valence-corrected chi connectivity index (χ3v) is 4.61. The van der Waals surface area contributed by atoms with Crippen molar-refractivity contribution >= 4 is 17.8 Å². The summed E-state index contributed by atoms with van der Waals surface area (Å²) in [5, 5.41) is 5.14. The molecular weight excluding hydrogens is 320 g/mol. The van der Waals surface area contributed by atoms with Crippen LogP contribution < -0.4 is 10.6 Å². The minimum absolute atomic E-state index is 0.0335. The smallest absolute Gasteiger partial charge is 0.312 e. The molecule has 25 heavy (non-hydrogen) atoms. The minimum atomic E-state index is -0.654. The number of hydrogen-bond donors (Lipinski definition) is 2. The molecule has 0 saturated carbocycles. The molecule has 0 aliphatic carbocycles. The molecular formula is C19H36N2O4. The monoisotopic (exact) mass is 356 g/mol. The summed E-state index contributed by atoms with van der Waals surface area (Å²) in [7, 11) is 0. The number of carbonyl (C=O) groups excluding carboxylic acids is 3. The molecule has 2 atom stereocenters. The minimum Gasteiger partial charge on any atom is -0.465 e. The zero-order chi connectivity index (χ0) is 19.6. The zero-order valence-electron chi connectivity index (χ0n) is 16.9. The Morgan fingerprint density at radius 3 is 2.12 bits per heavy atom. The van der Waals surface area contributed by atoms with Crippen molar-refractivity contribution in [3.8, 4) is 0 Å². The van der Waals surface area contributed by atoms with E-state index in [-0.39, 0.29) is 24.5 Å². The van der Waals surface area contributed by atoms with Crippen LogP contribution in [0, 0.1) is 17.3 Å². The second-order valence-corrected chi connectivity index (χ2v) is 7.70. The van der Waals surface area contributed by atoms with Crippen molar-refractivity contribution in [2.24, 2.45) is 17.3 Å². The van der Waals surface area contributed by atoms with Gasteiger partial charge in [-0.1, -0.05) is 34.6 Å². The molecule has 0 aliphatic rings. The van der Waals surface area contributed by atoms with Crippen LogP contribution in [0.4, 0.5) is 0 Å². The second-order valence-electron chi connectivity index (χ2n) is 7.70. The summed E-state index contributed by atoms with van der Waals surface area (Å²) in [6, 6.07) is -0.0335. The van der Waals surface area contributed by atoms with E-state index >= 15 is 0 Å². The van der Waals surface area contributed by atoms with Crippen LogP contribution in [0.25, 0.3) is 0 Å². The number of amides is 2. The number of rotatable bonds is 10. The Kier molecular flexibility index (Phi) is 10.4. The molecule has 2 amide bonds. The van der Waals surface area contributed by atoms with E-state index < -0.39 is 17.2 Å². The summed E-state index contributed by atoms with van der Waals surface area (Å²) in [5.74, 6) is -0.888. The maximum Gasteiger partial charge on any atom is 0.312 e. The largest absolute Gasteiger partial charge is 0.465 e. The molecule has 0 aliphatic heterocycles. The Hall–Kier alpha value is -1.59. The van der Waals surface area contributed by atoms with Gasteiger partial charge in [0.1, 0.15) is 0 Å². The Bertz CT molecular complexity index is 449. The lowest BCUT2D eigenvalue weighted by Crippen LogP contribution is -2.43. The van der Waals surface area contributed by atoms with Gasteiger partial charge in [0, 0.05) is 12.6 Å². The molecule has 0 radical (unpaired) electrons. The first-order valence-corrected chi connectivity index (χ1v) is 9.30. The highest BCUT2D eigenvalue weighted by Crippen LogP contribution is 2.35. The van der Waals surface area contributed by atoms with Crippen molar-refractivity contribution in [1.29, 1.82) is 0 Å². The van der Waals surface area contributed by atoms with Gasteiger partial charge < -0.3 is 15.4 Å². The van der Waals surface area contributed by atoms with E-state index in [0.717, 1.165) is 12.8 Å². The Balaban J connectivity index is 4.21. The highest BCUT2D eigenvalue weighted by molar-refractivity contribution is 6.35. The maximum absolute atomic E-state index is 12.4. The average molecular weight is 357 g/mol. The molecule has 0 fully saturated rings. The van der Waals surface area contributed by atoms with Crippen LogP contribution in [0.15, 0.2) is 0 Å². The summed E-state index contributed by atoms with van der Waals surface area (Å²) in [6.45, 7) is 14.5. The van der Waals surface area contributed by atoms with Crippen molar-refractivity contribution in [2.45, 2.75) is 73.8 Å². The number of esters is 1. The van der Waals surface area contributed by atoms with Crippen molar-refractivity contribution in [3.63, 3.8) is 0 Å². The van der Waals surface area contributed by atoms with Crippen LogP contribution in [-0.2, 0) is 19.1 Å². The topological polar surface area (TPSA) is 84.5 Å². The van der Waals surface area contributed by atoms with Crippen LogP contribution in [0.5, 0.6) is 0 Å². The lowest BCUT2D eigenvalue weighted by atomic mass is 9.73. The van der Waals surface area contributed by atoms with Gasteiger partial charge in [-0.25, -0.2) is 0 Å². The van der Waals surface area contributed by atoms with Gasteiger partial charge in [0.25, 0.3) is 0 Å². The van der Waals surface area contributed by atoms with Crippen LogP contribution in [-0.4, -0.2) is 37.0 Å². The van der Waals surface area contributed by atoms with Gasteiger partial charge >= 0.3 is 17.8 Å². The van der Waals surface area contributed by atoms with Gasteiger partial charge in [0.05, 0.1) is 12.0 Å². The zero-order valence-corrected chi connectivity index (χ0v) is 16.9. The number of nitrogens with one attached hydrogen (secondary N) is 2. The summed E-state index contributed by atoms with van der Waals surface area (Å²) in [4.78, 5) is 35.6. The molecule has 0 aromatic rings. The third-order valence-electron chi connectivity index (χ3n) is 4.61. The van der Waals surface area contributed by atoms with Crippen LogP contribution in [0.1, 0.15) is 67.7 Å². The van der Waals surface area contributed by atoms with Crippen LogP contribution >= 0.6 is 0 Å². The van der Waals surface area contributed by atoms with E-state index in [1.807, 2.05) is 34.6 Å². The van der Waals surface area contributed by atoms with Gasteiger partial charge in [0.15, 0.2) is 0 Å². The highest BCUT2D eigenvalue weighted by atomic mass is 16.5. The number of ether oxygens (including phenoxy) is 1. The molecule has 2 unspecified atom stereocenters. The van der Waals surface area contributed by atoms with Crippen LogP contribution in [0.3, 0.4) is 0 Å². The van der Waals surface area contributed by atoms with E-state index in [9.17, 15) is 14.4 Å². The molecule has 0 aromatic carbocycles. The third kappa shape index (κ3) is 8.36. The van der Waals surface area contributed by atoms with Gasteiger partial charge in [-0.2, -0.15) is 0 Å².